The number of unbranched alkanes of at least 4 members (excludes halogenated alkanes) is 1. The Balaban J connectivity index is 1.02. The van der Waals surface area contributed by atoms with Gasteiger partial charge in [0.15, 0.2) is 5.69 Å². The van der Waals surface area contributed by atoms with Gasteiger partial charge in [-0.15, -0.1) is 0 Å². The van der Waals surface area contributed by atoms with E-state index >= 15 is 0 Å². The molecule has 1 fully saturated rings. The van der Waals surface area contributed by atoms with Crippen molar-refractivity contribution in [1.29, 1.82) is 0 Å². The highest BCUT2D eigenvalue weighted by atomic mass is 16.5. The fraction of sp³-hybridized carbons (Fsp3) is 0.417. The lowest BCUT2D eigenvalue weighted by Gasteiger charge is -2.36. The normalized spacial score (nSPS) is 16.3. The number of carbonyl (C=O) groups is 1. The first-order valence-corrected chi connectivity index (χ1v) is 11.2. The molecule has 31 heavy (non-hydrogen) atoms. The van der Waals surface area contributed by atoms with Gasteiger partial charge in [-0.05, 0) is 49.2 Å². The van der Waals surface area contributed by atoms with Crippen molar-refractivity contribution in [1.82, 2.24) is 19.8 Å². The Kier molecular flexibility index (Phi) is 5.76. The average Bonchev–Trinajstić information content (AvgIpc) is 3.46. The van der Waals surface area contributed by atoms with Crippen molar-refractivity contribution in [3.8, 4) is 5.75 Å². The molecule has 0 spiro atoms. The van der Waals surface area contributed by atoms with Crippen LogP contribution in [0.4, 0.5) is 5.69 Å². The van der Waals surface area contributed by atoms with Gasteiger partial charge in [-0.1, -0.05) is 18.2 Å². The van der Waals surface area contributed by atoms with Crippen LogP contribution in [0.3, 0.4) is 0 Å². The molecule has 1 aromatic carbocycles. The Morgan fingerprint density at radius 2 is 1.97 bits per heavy atom. The lowest BCUT2D eigenvalue weighted by atomic mass is 10.1. The van der Waals surface area contributed by atoms with Gasteiger partial charge < -0.3 is 15.0 Å². The zero-order valence-electron chi connectivity index (χ0n) is 17.8. The number of nitrogens with one attached hydrogen (secondary N) is 1. The first-order valence-electron chi connectivity index (χ1n) is 11.2. The lowest BCUT2D eigenvalue weighted by Crippen LogP contribution is -2.46. The third-order valence-corrected chi connectivity index (χ3v) is 6.20. The summed E-state index contributed by atoms with van der Waals surface area (Å²) < 4.78 is 7.60. The van der Waals surface area contributed by atoms with Gasteiger partial charge in [0.1, 0.15) is 5.75 Å². The predicted octanol–water partition coefficient (Wildman–Crippen LogP) is 2.60. The summed E-state index contributed by atoms with van der Waals surface area (Å²) in [6.07, 6.45) is 4.93. The Bertz CT molecular complexity index is 1020. The molecule has 5 rings (SSSR count). The fourth-order valence-electron chi connectivity index (χ4n) is 4.46. The van der Waals surface area contributed by atoms with Crippen molar-refractivity contribution in [3.63, 3.8) is 0 Å². The van der Waals surface area contributed by atoms with Crippen LogP contribution in [0.1, 0.15) is 28.9 Å². The molecule has 0 radical (unpaired) electrons. The number of benzene rings is 1. The molecule has 1 N–H and O–H groups in total. The number of hydrogen-bond acceptors (Lipinski definition) is 5. The number of hydrogen-bond donors (Lipinski definition) is 1. The summed E-state index contributed by atoms with van der Waals surface area (Å²) in [5, 5.41) is 7.32. The molecule has 2 aliphatic heterocycles. The van der Waals surface area contributed by atoms with Crippen LogP contribution < -0.4 is 15.0 Å². The SMILES string of the molecule is O=C(NCCCCN1CCN(c2cccc3c2OCC3)CC1)c1cc2ccccn2n1. The summed E-state index contributed by atoms with van der Waals surface area (Å²) in [4.78, 5) is 17.3. The van der Waals surface area contributed by atoms with Gasteiger partial charge in [-0.3, -0.25) is 9.69 Å². The van der Waals surface area contributed by atoms with Crippen molar-refractivity contribution in [2.24, 2.45) is 0 Å². The van der Waals surface area contributed by atoms with E-state index < -0.39 is 0 Å². The molecule has 2 aromatic heterocycles. The number of carbonyl (C=O) groups excluding carboxylic acids is 1. The van der Waals surface area contributed by atoms with Gasteiger partial charge in [0.2, 0.25) is 0 Å². The molecular weight excluding hydrogens is 390 g/mol. The number of nitrogens with zero attached hydrogens (tertiary/aromatic N) is 4. The van der Waals surface area contributed by atoms with Gasteiger partial charge in [-0.25, -0.2) is 4.52 Å². The maximum Gasteiger partial charge on any atom is 0.271 e. The Morgan fingerprint density at radius 1 is 1.06 bits per heavy atom. The van der Waals surface area contributed by atoms with Crippen LogP contribution in [0, 0.1) is 0 Å². The highest BCUT2D eigenvalue weighted by Gasteiger charge is 2.23. The number of rotatable bonds is 7. The summed E-state index contributed by atoms with van der Waals surface area (Å²) in [5.74, 6) is 0.993. The highest BCUT2D eigenvalue weighted by molar-refractivity contribution is 5.93. The van der Waals surface area contributed by atoms with E-state index in [2.05, 4.69) is 38.4 Å². The quantitative estimate of drug-likeness (QED) is 0.597. The van der Waals surface area contributed by atoms with E-state index in [9.17, 15) is 4.79 Å². The molecule has 0 saturated carbocycles. The Hall–Kier alpha value is -3.06. The summed E-state index contributed by atoms with van der Waals surface area (Å²) in [6, 6.07) is 14.1. The number of pyridine rings is 1. The summed E-state index contributed by atoms with van der Waals surface area (Å²) in [5.41, 5.74) is 3.99. The molecule has 0 aliphatic carbocycles. The van der Waals surface area contributed by atoms with E-state index in [1.807, 2.05) is 30.5 Å². The number of piperazine rings is 1. The largest absolute Gasteiger partial charge is 0.491 e. The van der Waals surface area contributed by atoms with E-state index in [1.165, 1.54) is 11.3 Å². The van der Waals surface area contributed by atoms with Crippen LogP contribution in [-0.2, 0) is 6.42 Å². The summed E-state index contributed by atoms with van der Waals surface area (Å²) in [6.45, 7) is 6.76. The van der Waals surface area contributed by atoms with Gasteiger partial charge in [0, 0.05) is 45.3 Å². The predicted molar refractivity (Wildman–Crippen MR) is 121 cm³/mol. The smallest absolute Gasteiger partial charge is 0.271 e. The molecule has 0 unspecified atom stereocenters. The van der Waals surface area contributed by atoms with Crippen LogP contribution in [0.2, 0.25) is 0 Å². The maximum atomic E-state index is 12.3. The fourth-order valence-corrected chi connectivity index (χ4v) is 4.46. The molecular formula is C24H29N5O2. The second-order valence-electron chi connectivity index (χ2n) is 8.26. The molecule has 0 bridgehead atoms. The van der Waals surface area contributed by atoms with Crippen molar-refractivity contribution in [2.45, 2.75) is 19.3 Å². The number of para-hydroxylation sites is 1. The van der Waals surface area contributed by atoms with Crippen LogP contribution >= 0.6 is 0 Å². The number of ether oxygens (including phenoxy) is 1. The average molecular weight is 420 g/mol. The Morgan fingerprint density at radius 3 is 2.84 bits per heavy atom. The summed E-state index contributed by atoms with van der Waals surface area (Å²) in [7, 11) is 0. The van der Waals surface area contributed by atoms with Crippen molar-refractivity contribution in [2.75, 3.05) is 50.8 Å². The number of anilines is 1. The highest BCUT2D eigenvalue weighted by Crippen LogP contribution is 2.36. The standard InChI is InChI=1S/C24H29N5O2/c30-24(21-18-20-7-1-3-12-29(20)26-21)25-10-2-4-11-27-13-15-28(16-14-27)22-8-5-6-19-9-17-31-23(19)22/h1,3,5-8,12,18H,2,4,9-11,13-17H2,(H,25,30). The van der Waals surface area contributed by atoms with E-state index in [-0.39, 0.29) is 5.91 Å². The van der Waals surface area contributed by atoms with Crippen molar-refractivity contribution in [3.05, 3.63) is 59.9 Å². The third-order valence-electron chi connectivity index (χ3n) is 6.20. The van der Waals surface area contributed by atoms with Gasteiger partial charge in [-0.2, -0.15) is 5.10 Å². The second kappa shape index (κ2) is 8.98. The van der Waals surface area contributed by atoms with Crippen LogP contribution in [0.5, 0.6) is 5.75 Å². The third kappa shape index (κ3) is 4.37. The zero-order valence-corrected chi connectivity index (χ0v) is 17.8. The Labute approximate surface area is 182 Å². The molecule has 1 amide bonds. The molecule has 0 atom stereocenters. The lowest BCUT2D eigenvalue weighted by molar-refractivity contribution is 0.0947. The minimum absolute atomic E-state index is 0.102. The van der Waals surface area contributed by atoms with E-state index in [0.717, 1.165) is 69.9 Å². The molecule has 7 heteroatoms. The van der Waals surface area contributed by atoms with Gasteiger partial charge in [0.05, 0.1) is 17.8 Å². The second-order valence-corrected chi connectivity index (χ2v) is 8.26. The first kappa shape index (κ1) is 19.9. The van der Waals surface area contributed by atoms with Gasteiger partial charge >= 0.3 is 0 Å². The van der Waals surface area contributed by atoms with Crippen LogP contribution in [0.15, 0.2) is 48.7 Å². The molecule has 3 aromatic rings. The molecule has 1 saturated heterocycles. The minimum atomic E-state index is -0.102. The molecule has 7 nitrogen and oxygen atoms in total. The van der Waals surface area contributed by atoms with E-state index in [4.69, 9.17) is 4.74 Å². The minimum Gasteiger partial charge on any atom is -0.491 e. The van der Waals surface area contributed by atoms with E-state index in [1.54, 1.807) is 4.52 Å². The number of fused-ring (bicyclic) bond motifs is 2. The van der Waals surface area contributed by atoms with E-state index in [0.29, 0.717) is 12.2 Å². The molecule has 2 aliphatic rings. The monoisotopic (exact) mass is 419 g/mol. The van der Waals surface area contributed by atoms with Crippen molar-refractivity contribution < 1.29 is 9.53 Å². The van der Waals surface area contributed by atoms with Crippen LogP contribution in [0.25, 0.3) is 5.52 Å². The maximum absolute atomic E-state index is 12.3. The number of amides is 1. The van der Waals surface area contributed by atoms with Crippen molar-refractivity contribution >= 4 is 17.1 Å². The van der Waals surface area contributed by atoms with Gasteiger partial charge in [0.25, 0.3) is 5.91 Å². The molecule has 162 valence electrons. The number of aromatic nitrogens is 2. The topological polar surface area (TPSA) is 62.1 Å². The molecule has 4 heterocycles. The first-order chi connectivity index (χ1) is 15.3. The summed E-state index contributed by atoms with van der Waals surface area (Å²) >= 11 is 0. The van der Waals surface area contributed by atoms with Crippen LogP contribution in [-0.4, -0.2) is 66.3 Å². The zero-order chi connectivity index (χ0) is 21.0.